The van der Waals surface area contributed by atoms with E-state index in [1.54, 1.807) is 0 Å². The summed E-state index contributed by atoms with van der Waals surface area (Å²) < 4.78 is 8.20. The van der Waals surface area contributed by atoms with Crippen LogP contribution in [-0.4, -0.2) is 36.0 Å². The van der Waals surface area contributed by atoms with Crippen molar-refractivity contribution in [2.45, 2.75) is 12.0 Å². The number of hydrogen-bond donors (Lipinski definition) is 1. The minimum Gasteiger partial charge on any atom is -0.457 e. The van der Waals surface area contributed by atoms with Crippen LogP contribution < -0.4 is 10.1 Å². The topological polar surface area (TPSA) is 46.5 Å². The number of nitrogens with zero attached hydrogens (tertiary/aromatic N) is 2. The fourth-order valence-corrected chi connectivity index (χ4v) is 4.70. The monoisotopic (exact) mass is 425 g/mol. The number of aromatic nitrogens is 1. The van der Waals surface area contributed by atoms with Crippen LogP contribution in [0.3, 0.4) is 0 Å². The molecule has 1 N–H and O–H groups in total. The molecule has 3 aromatic carbocycles. The van der Waals surface area contributed by atoms with E-state index in [2.05, 4.69) is 66.4 Å². The lowest BCUT2D eigenvalue weighted by molar-refractivity contribution is -0.122. The minimum absolute atomic E-state index is 0.0136. The van der Waals surface area contributed by atoms with Gasteiger partial charge in [0.05, 0.1) is 12.0 Å². The van der Waals surface area contributed by atoms with Crippen molar-refractivity contribution in [3.63, 3.8) is 0 Å². The first-order chi connectivity index (χ1) is 15.5. The van der Waals surface area contributed by atoms with Crippen LogP contribution in [0.25, 0.3) is 10.9 Å². The molecule has 2 heterocycles. The first-order valence-electron chi connectivity index (χ1n) is 10.9. The number of carbonyl (C=O) groups excluding carboxylic acids is 1. The Morgan fingerprint density at radius 1 is 0.969 bits per heavy atom. The van der Waals surface area contributed by atoms with Crippen molar-refractivity contribution in [1.29, 1.82) is 0 Å². The predicted octanol–water partition coefficient (Wildman–Crippen LogP) is 4.84. The summed E-state index contributed by atoms with van der Waals surface area (Å²) in [5.41, 5.74) is 4.19. The molecule has 1 aliphatic heterocycles. The van der Waals surface area contributed by atoms with E-state index in [-0.39, 0.29) is 11.9 Å². The van der Waals surface area contributed by atoms with Crippen LogP contribution in [0, 0.1) is 0 Å². The van der Waals surface area contributed by atoms with Crippen LogP contribution in [0.4, 0.5) is 0 Å². The Kier molecular flexibility index (Phi) is 5.19. The molecule has 4 aromatic rings. The maximum atomic E-state index is 13.6. The molecule has 32 heavy (non-hydrogen) atoms. The molecular weight excluding hydrogens is 398 g/mol. The van der Waals surface area contributed by atoms with Crippen molar-refractivity contribution < 1.29 is 9.53 Å². The molecule has 0 radical (unpaired) electrons. The number of benzene rings is 3. The van der Waals surface area contributed by atoms with Crippen LogP contribution in [0.1, 0.15) is 28.7 Å². The van der Waals surface area contributed by atoms with Crippen LogP contribution in [0.5, 0.6) is 11.5 Å². The summed E-state index contributed by atoms with van der Waals surface area (Å²) in [7, 11) is 6.17. The highest BCUT2D eigenvalue weighted by Gasteiger charge is 2.33. The molecule has 1 unspecified atom stereocenters. The number of rotatable bonds is 5. The molecule has 0 spiro atoms. The average molecular weight is 426 g/mol. The van der Waals surface area contributed by atoms with Crippen molar-refractivity contribution in [3.05, 3.63) is 95.7 Å². The number of fused-ring (bicyclic) bond motifs is 3. The van der Waals surface area contributed by atoms with E-state index in [0.29, 0.717) is 6.54 Å². The fourth-order valence-electron chi connectivity index (χ4n) is 4.70. The van der Waals surface area contributed by atoms with E-state index in [4.69, 9.17) is 4.74 Å². The molecule has 5 nitrogen and oxygen atoms in total. The van der Waals surface area contributed by atoms with Crippen molar-refractivity contribution in [2.24, 2.45) is 7.05 Å². The highest BCUT2D eigenvalue weighted by Crippen LogP contribution is 2.44. The number of amides is 1. The maximum Gasteiger partial charge on any atom is 0.232 e. The first kappa shape index (κ1) is 20.3. The second kappa shape index (κ2) is 8.17. The van der Waals surface area contributed by atoms with Gasteiger partial charge in [-0.3, -0.25) is 4.79 Å². The Labute approximate surface area is 188 Å². The third kappa shape index (κ3) is 3.45. The summed E-state index contributed by atoms with van der Waals surface area (Å²) in [4.78, 5) is 15.7. The second-order valence-electron chi connectivity index (χ2n) is 8.55. The van der Waals surface area contributed by atoms with Gasteiger partial charge in [0.15, 0.2) is 0 Å². The van der Waals surface area contributed by atoms with Crippen LogP contribution >= 0.6 is 0 Å². The van der Waals surface area contributed by atoms with E-state index in [0.717, 1.165) is 22.6 Å². The lowest BCUT2D eigenvalue weighted by Crippen LogP contribution is -2.38. The number of likely N-dealkylation sites (N-methyl/N-ethyl adjacent to an activating group) is 1. The maximum absolute atomic E-state index is 13.6. The molecule has 0 bridgehead atoms. The molecule has 1 aliphatic rings. The zero-order chi connectivity index (χ0) is 22.2. The number of ether oxygens (including phenoxy) is 1. The Bertz CT molecular complexity index is 1250. The molecule has 162 valence electrons. The van der Waals surface area contributed by atoms with Crippen molar-refractivity contribution in [2.75, 3.05) is 20.6 Å². The lowest BCUT2D eigenvalue weighted by Gasteiger charge is -2.29. The largest absolute Gasteiger partial charge is 0.457 e. The lowest BCUT2D eigenvalue weighted by atomic mass is 9.87. The Morgan fingerprint density at radius 3 is 2.22 bits per heavy atom. The number of para-hydroxylation sites is 3. The van der Waals surface area contributed by atoms with Gasteiger partial charge in [-0.25, -0.2) is 0 Å². The summed E-state index contributed by atoms with van der Waals surface area (Å²) in [6, 6.07) is 24.0. The molecule has 5 rings (SSSR count). The number of aryl methyl sites for hydroxylation is 1. The van der Waals surface area contributed by atoms with E-state index >= 15 is 0 Å². The zero-order valence-electron chi connectivity index (χ0n) is 18.6. The minimum atomic E-state index is -0.397. The van der Waals surface area contributed by atoms with Crippen molar-refractivity contribution in [3.8, 4) is 11.5 Å². The number of carbonyl (C=O) groups is 1. The summed E-state index contributed by atoms with van der Waals surface area (Å²) in [5.74, 6) is 1.07. The molecule has 0 fully saturated rings. The normalized spacial score (nSPS) is 14.0. The van der Waals surface area contributed by atoms with Gasteiger partial charge in [0, 0.05) is 41.8 Å². The average Bonchev–Trinajstić information content (AvgIpc) is 3.13. The molecule has 0 saturated heterocycles. The summed E-state index contributed by atoms with van der Waals surface area (Å²) in [6.45, 7) is 0.515. The summed E-state index contributed by atoms with van der Waals surface area (Å²) >= 11 is 0. The molecule has 5 heteroatoms. The molecule has 0 aliphatic carbocycles. The highest BCUT2D eigenvalue weighted by atomic mass is 16.5. The Morgan fingerprint density at radius 2 is 1.56 bits per heavy atom. The van der Waals surface area contributed by atoms with Gasteiger partial charge in [0.25, 0.3) is 0 Å². The zero-order valence-corrected chi connectivity index (χ0v) is 18.6. The summed E-state index contributed by atoms with van der Waals surface area (Å²) in [5, 5.41) is 4.46. The van der Waals surface area contributed by atoms with E-state index in [1.165, 1.54) is 16.5 Å². The van der Waals surface area contributed by atoms with Gasteiger partial charge in [-0.1, -0.05) is 54.6 Å². The van der Waals surface area contributed by atoms with Crippen LogP contribution in [0.2, 0.25) is 0 Å². The molecular formula is C27H27N3O2. The van der Waals surface area contributed by atoms with E-state index < -0.39 is 5.92 Å². The van der Waals surface area contributed by atoms with Gasteiger partial charge in [0.1, 0.15) is 11.5 Å². The molecule has 0 saturated carbocycles. The van der Waals surface area contributed by atoms with Crippen molar-refractivity contribution in [1.82, 2.24) is 14.8 Å². The third-order valence-electron chi connectivity index (χ3n) is 6.32. The molecule has 1 aromatic heterocycles. The molecule has 1 atom stereocenters. The fraction of sp³-hybridized carbons (Fsp3) is 0.222. The van der Waals surface area contributed by atoms with Crippen LogP contribution in [-0.2, 0) is 11.8 Å². The number of nitrogens with one attached hydrogen (secondary N) is 1. The third-order valence-corrected chi connectivity index (χ3v) is 6.32. The number of hydrogen-bond acceptors (Lipinski definition) is 3. The quantitative estimate of drug-likeness (QED) is 0.498. The highest BCUT2D eigenvalue weighted by molar-refractivity contribution is 5.90. The Balaban J connectivity index is 1.45. The first-order valence-corrected chi connectivity index (χ1v) is 10.9. The van der Waals surface area contributed by atoms with E-state index in [9.17, 15) is 4.79 Å². The standard InChI is InChI=1S/C27H27N3O2/c1-29(2)23(21-17-30(3)22-13-7-4-10-18(21)22)16-28-27(31)26-19-11-5-8-14-24(19)32-25-15-9-6-12-20(25)26/h4-15,17,23,26H,16H2,1-3H3,(H,28,31). The smallest absolute Gasteiger partial charge is 0.232 e. The predicted molar refractivity (Wildman–Crippen MR) is 127 cm³/mol. The SMILES string of the molecule is CN(C)C(CNC(=O)C1c2ccccc2Oc2ccccc21)c1cn(C)c2ccccc12. The second-order valence-corrected chi connectivity index (χ2v) is 8.55. The van der Waals surface area contributed by atoms with Gasteiger partial charge in [-0.15, -0.1) is 0 Å². The van der Waals surface area contributed by atoms with Crippen molar-refractivity contribution >= 4 is 16.8 Å². The van der Waals surface area contributed by atoms with Crippen LogP contribution in [0.15, 0.2) is 79.0 Å². The van der Waals surface area contributed by atoms with Gasteiger partial charge in [0.2, 0.25) is 5.91 Å². The van der Waals surface area contributed by atoms with Gasteiger partial charge < -0.3 is 19.5 Å². The van der Waals surface area contributed by atoms with E-state index in [1.807, 2.05) is 48.5 Å². The van der Waals surface area contributed by atoms with Gasteiger partial charge in [-0.05, 0) is 37.9 Å². The molecule has 1 amide bonds. The summed E-state index contributed by atoms with van der Waals surface area (Å²) in [6.07, 6.45) is 2.17. The Hall–Kier alpha value is -3.57. The van der Waals surface area contributed by atoms with Gasteiger partial charge >= 0.3 is 0 Å². The van der Waals surface area contributed by atoms with Gasteiger partial charge in [-0.2, -0.15) is 0 Å².